The van der Waals surface area contributed by atoms with Crippen molar-refractivity contribution >= 4 is 22.5 Å². The Kier molecular flexibility index (Phi) is 5.12. The van der Waals surface area contributed by atoms with Crippen LogP contribution in [0.3, 0.4) is 0 Å². The van der Waals surface area contributed by atoms with Crippen LogP contribution in [0.15, 0.2) is 35.8 Å². The fourth-order valence-corrected chi connectivity index (χ4v) is 3.49. The van der Waals surface area contributed by atoms with E-state index < -0.39 is 0 Å². The van der Waals surface area contributed by atoms with Gasteiger partial charge in [-0.3, -0.25) is 5.32 Å². The first-order chi connectivity index (χ1) is 11.3. The van der Waals surface area contributed by atoms with Crippen LogP contribution in [0.4, 0.5) is 9.93 Å². The van der Waals surface area contributed by atoms with E-state index in [-0.39, 0.29) is 12.1 Å². The quantitative estimate of drug-likeness (QED) is 0.912. The van der Waals surface area contributed by atoms with Crippen LogP contribution in [-0.2, 0) is 0 Å². The van der Waals surface area contributed by atoms with Gasteiger partial charge in [0.25, 0.3) is 0 Å². The molecular formula is C17H21N3O2S. The third kappa shape index (κ3) is 3.82. The molecule has 23 heavy (non-hydrogen) atoms. The van der Waals surface area contributed by atoms with Gasteiger partial charge in [0.15, 0.2) is 5.13 Å². The molecule has 2 aromatic rings. The van der Waals surface area contributed by atoms with E-state index in [2.05, 4.69) is 22.4 Å². The normalized spacial score (nSPS) is 18.3. The number of anilines is 1. The molecule has 2 heterocycles. The van der Waals surface area contributed by atoms with E-state index in [9.17, 15) is 4.79 Å². The molecular weight excluding hydrogens is 310 g/mol. The Labute approximate surface area is 140 Å². The third-order valence-electron chi connectivity index (χ3n) is 4.16. The van der Waals surface area contributed by atoms with Crippen LogP contribution in [0.5, 0.6) is 5.75 Å². The molecule has 1 saturated heterocycles. The fourth-order valence-electron chi connectivity index (χ4n) is 2.97. The summed E-state index contributed by atoms with van der Waals surface area (Å²) in [6, 6.07) is 8.05. The molecule has 1 aromatic heterocycles. The molecule has 0 bridgehead atoms. The summed E-state index contributed by atoms with van der Waals surface area (Å²) in [5, 5.41) is 5.42. The number of benzene rings is 1. The standard InChI is InChI=1S/C17H21N3O2S/c1-22-14-8-6-13(7-9-14)15-5-3-2-4-11-20(15)17(21)19-16-18-10-12-23-16/h6-10,12,15H,2-5,11H2,1H3,(H,18,19,21). The van der Waals surface area contributed by atoms with E-state index in [1.54, 1.807) is 13.3 Å². The van der Waals surface area contributed by atoms with Gasteiger partial charge in [-0.15, -0.1) is 11.3 Å². The second-order valence-electron chi connectivity index (χ2n) is 5.60. The lowest BCUT2D eigenvalue weighted by atomic mass is 10.0. The molecule has 0 aliphatic carbocycles. The zero-order valence-electron chi connectivity index (χ0n) is 13.2. The predicted molar refractivity (Wildman–Crippen MR) is 92.0 cm³/mol. The lowest BCUT2D eigenvalue weighted by Gasteiger charge is -2.30. The van der Waals surface area contributed by atoms with Crippen molar-refractivity contribution in [2.75, 3.05) is 19.0 Å². The topological polar surface area (TPSA) is 54.5 Å². The highest BCUT2D eigenvalue weighted by molar-refractivity contribution is 7.13. The van der Waals surface area contributed by atoms with Crippen molar-refractivity contribution in [1.82, 2.24) is 9.88 Å². The largest absolute Gasteiger partial charge is 0.497 e. The van der Waals surface area contributed by atoms with Crippen LogP contribution in [-0.4, -0.2) is 29.6 Å². The van der Waals surface area contributed by atoms with Gasteiger partial charge in [-0.1, -0.05) is 25.0 Å². The third-order valence-corrected chi connectivity index (χ3v) is 4.85. The maximum absolute atomic E-state index is 12.7. The van der Waals surface area contributed by atoms with Crippen LogP contribution in [0.2, 0.25) is 0 Å². The Balaban J connectivity index is 1.80. The molecule has 2 amide bonds. The number of carbonyl (C=O) groups excluding carboxylic acids is 1. The van der Waals surface area contributed by atoms with Crippen molar-refractivity contribution in [3.05, 3.63) is 41.4 Å². The van der Waals surface area contributed by atoms with Gasteiger partial charge < -0.3 is 9.64 Å². The highest BCUT2D eigenvalue weighted by Crippen LogP contribution is 2.31. The fraction of sp³-hybridized carbons (Fsp3) is 0.412. The Morgan fingerprint density at radius 2 is 2.13 bits per heavy atom. The highest BCUT2D eigenvalue weighted by Gasteiger charge is 2.27. The van der Waals surface area contributed by atoms with E-state index in [0.29, 0.717) is 5.13 Å². The predicted octanol–water partition coefficient (Wildman–Crippen LogP) is 4.30. The minimum absolute atomic E-state index is 0.0670. The Morgan fingerprint density at radius 1 is 1.30 bits per heavy atom. The summed E-state index contributed by atoms with van der Waals surface area (Å²) >= 11 is 1.44. The van der Waals surface area contributed by atoms with Gasteiger partial charge in [-0.2, -0.15) is 0 Å². The van der Waals surface area contributed by atoms with E-state index in [1.165, 1.54) is 11.3 Å². The zero-order valence-corrected chi connectivity index (χ0v) is 14.0. The average molecular weight is 331 g/mol. The summed E-state index contributed by atoms with van der Waals surface area (Å²) in [6.07, 6.45) is 6.02. The number of urea groups is 1. The molecule has 1 unspecified atom stereocenters. The van der Waals surface area contributed by atoms with Crippen molar-refractivity contribution in [3.8, 4) is 5.75 Å². The molecule has 1 aliphatic heterocycles. The number of nitrogens with zero attached hydrogens (tertiary/aromatic N) is 2. The van der Waals surface area contributed by atoms with Crippen LogP contribution < -0.4 is 10.1 Å². The summed E-state index contributed by atoms with van der Waals surface area (Å²) in [5.41, 5.74) is 1.15. The lowest BCUT2D eigenvalue weighted by molar-refractivity contribution is 0.189. The molecule has 5 nitrogen and oxygen atoms in total. The van der Waals surface area contributed by atoms with Gasteiger partial charge in [-0.05, 0) is 30.5 Å². The molecule has 122 valence electrons. The van der Waals surface area contributed by atoms with E-state index in [0.717, 1.165) is 43.5 Å². The number of thiazole rings is 1. The monoisotopic (exact) mass is 331 g/mol. The molecule has 3 rings (SSSR count). The number of methoxy groups -OCH3 is 1. The molecule has 0 saturated carbocycles. The molecule has 1 aromatic carbocycles. The van der Waals surface area contributed by atoms with Crippen molar-refractivity contribution in [3.63, 3.8) is 0 Å². The van der Waals surface area contributed by atoms with Gasteiger partial charge in [0.1, 0.15) is 5.75 Å². The molecule has 1 fully saturated rings. The van der Waals surface area contributed by atoms with E-state index in [1.807, 2.05) is 22.4 Å². The number of rotatable bonds is 3. The molecule has 1 aliphatic rings. The second-order valence-corrected chi connectivity index (χ2v) is 6.49. The lowest BCUT2D eigenvalue weighted by Crippen LogP contribution is -2.38. The first-order valence-corrected chi connectivity index (χ1v) is 8.77. The number of likely N-dealkylation sites (tertiary alicyclic amines) is 1. The number of carbonyl (C=O) groups is 1. The smallest absolute Gasteiger partial charge is 0.324 e. The van der Waals surface area contributed by atoms with Crippen LogP contribution in [0, 0.1) is 0 Å². The summed E-state index contributed by atoms with van der Waals surface area (Å²) in [5.74, 6) is 0.834. The van der Waals surface area contributed by atoms with Gasteiger partial charge in [-0.25, -0.2) is 9.78 Å². The Hall–Kier alpha value is -2.08. The summed E-state index contributed by atoms with van der Waals surface area (Å²) in [4.78, 5) is 18.8. The second kappa shape index (κ2) is 7.46. The number of ether oxygens (including phenoxy) is 1. The van der Waals surface area contributed by atoms with Gasteiger partial charge in [0.05, 0.1) is 13.2 Å². The molecule has 0 spiro atoms. The Morgan fingerprint density at radius 3 is 2.83 bits per heavy atom. The number of hydrogen-bond donors (Lipinski definition) is 1. The van der Waals surface area contributed by atoms with Crippen molar-refractivity contribution in [1.29, 1.82) is 0 Å². The summed E-state index contributed by atoms with van der Waals surface area (Å²) in [7, 11) is 1.66. The SMILES string of the molecule is COc1ccc(C2CCCCCN2C(=O)Nc2nccs2)cc1. The number of nitrogens with one attached hydrogen (secondary N) is 1. The first kappa shape index (κ1) is 15.8. The van der Waals surface area contributed by atoms with Crippen LogP contribution >= 0.6 is 11.3 Å². The number of amides is 2. The minimum Gasteiger partial charge on any atom is -0.497 e. The van der Waals surface area contributed by atoms with Crippen molar-refractivity contribution in [2.45, 2.75) is 31.7 Å². The summed E-state index contributed by atoms with van der Waals surface area (Å²) in [6.45, 7) is 0.772. The van der Waals surface area contributed by atoms with E-state index >= 15 is 0 Å². The van der Waals surface area contributed by atoms with Crippen molar-refractivity contribution < 1.29 is 9.53 Å². The molecule has 0 radical (unpaired) electrons. The average Bonchev–Trinajstić information content (AvgIpc) is 2.96. The van der Waals surface area contributed by atoms with Gasteiger partial charge >= 0.3 is 6.03 Å². The summed E-state index contributed by atoms with van der Waals surface area (Å²) < 4.78 is 5.23. The first-order valence-electron chi connectivity index (χ1n) is 7.89. The Bertz CT molecular complexity index is 628. The molecule has 1 N–H and O–H groups in total. The maximum atomic E-state index is 12.7. The van der Waals surface area contributed by atoms with Crippen LogP contribution in [0.1, 0.15) is 37.3 Å². The van der Waals surface area contributed by atoms with E-state index in [4.69, 9.17) is 4.74 Å². The molecule has 1 atom stereocenters. The minimum atomic E-state index is -0.0670. The van der Waals surface area contributed by atoms with Gasteiger partial charge in [0.2, 0.25) is 0 Å². The number of hydrogen-bond acceptors (Lipinski definition) is 4. The zero-order chi connectivity index (χ0) is 16.1. The van der Waals surface area contributed by atoms with Crippen LogP contribution in [0.25, 0.3) is 0 Å². The van der Waals surface area contributed by atoms with Crippen molar-refractivity contribution in [2.24, 2.45) is 0 Å². The number of aromatic nitrogens is 1. The van der Waals surface area contributed by atoms with Gasteiger partial charge in [0, 0.05) is 18.1 Å². The molecule has 6 heteroatoms. The highest BCUT2D eigenvalue weighted by atomic mass is 32.1. The maximum Gasteiger partial charge on any atom is 0.324 e.